The van der Waals surface area contributed by atoms with Crippen LogP contribution < -0.4 is 0 Å². The zero-order valence-electron chi connectivity index (χ0n) is 18.2. The summed E-state index contributed by atoms with van der Waals surface area (Å²) in [5.74, 6) is 0.344. The van der Waals surface area contributed by atoms with Crippen LogP contribution in [0.4, 0.5) is 0 Å². The number of carbonyl (C=O) groups excluding carboxylic acids is 2. The van der Waals surface area contributed by atoms with Gasteiger partial charge in [-0.1, -0.05) is 18.2 Å². The highest BCUT2D eigenvalue weighted by Gasteiger charge is 2.46. The van der Waals surface area contributed by atoms with Gasteiger partial charge in [-0.3, -0.25) is 14.5 Å². The minimum Gasteiger partial charge on any atom is -0.341 e. The Balaban J connectivity index is 1.24. The standard InChI is InChI=1S/C25H35N3O2/c29-23-9-11-25(28(23)19-24(30)27-14-1-2-15-27)10-4-13-26(16-12-25)18-20-7-8-21-5-3-6-22(21)17-20/h7-8,17H,1-6,9-16,18-19H2. The van der Waals surface area contributed by atoms with Crippen molar-refractivity contribution in [3.8, 4) is 0 Å². The normalized spacial score (nSPS) is 27.1. The molecule has 2 amide bonds. The molecule has 0 aromatic heterocycles. The minimum atomic E-state index is -0.0981. The second-order valence-corrected chi connectivity index (χ2v) is 9.88. The van der Waals surface area contributed by atoms with Crippen LogP contribution in [0.2, 0.25) is 0 Å². The Morgan fingerprint density at radius 2 is 1.70 bits per heavy atom. The summed E-state index contributed by atoms with van der Waals surface area (Å²) < 4.78 is 0. The first kappa shape index (κ1) is 20.0. The van der Waals surface area contributed by atoms with Crippen molar-refractivity contribution >= 4 is 11.8 Å². The van der Waals surface area contributed by atoms with Crippen LogP contribution >= 0.6 is 0 Å². The Morgan fingerprint density at radius 3 is 2.57 bits per heavy atom. The third kappa shape index (κ3) is 3.89. The summed E-state index contributed by atoms with van der Waals surface area (Å²) in [5, 5.41) is 0. The van der Waals surface area contributed by atoms with E-state index in [-0.39, 0.29) is 17.4 Å². The lowest BCUT2D eigenvalue weighted by Gasteiger charge is -2.38. The van der Waals surface area contributed by atoms with Crippen molar-refractivity contribution in [3.63, 3.8) is 0 Å². The van der Waals surface area contributed by atoms with E-state index >= 15 is 0 Å². The predicted octanol–water partition coefficient (Wildman–Crippen LogP) is 3.14. The van der Waals surface area contributed by atoms with Crippen molar-refractivity contribution in [2.45, 2.75) is 76.3 Å². The van der Waals surface area contributed by atoms with Gasteiger partial charge in [0, 0.05) is 38.1 Å². The maximum Gasteiger partial charge on any atom is 0.242 e. The van der Waals surface area contributed by atoms with Gasteiger partial charge >= 0.3 is 0 Å². The van der Waals surface area contributed by atoms with Gasteiger partial charge in [-0.2, -0.15) is 0 Å². The molecule has 1 atom stereocenters. The number of hydrogen-bond acceptors (Lipinski definition) is 3. The third-order valence-electron chi connectivity index (χ3n) is 8.01. The summed E-state index contributed by atoms with van der Waals surface area (Å²) in [7, 11) is 0. The molecule has 3 aliphatic heterocycles. The van der Waals surface area contributed by atoms with Gasteiger partial charge in [0.25, 0.3) is 0 Å². The smallest absolute Gasteiger partial charge is 0.242 e. The summed E-state index contributed by atoms with van der Waals surface area (Å²) >= 11 is 0. The molecule has 1 aromatic rings. The van der Waals surface area contributed by atoms with Crippen molar-refractivity contribution in [2.24, 2.45) is 0 Å². The lowest BCUT2D eigenvalue weighted by molar-refractivity contribution is -0.141. The molecule has 3 saturated heterocycles. The van der Waals surface area contributed by atoms with Crippen molar-refractivity contribution in [1.82, 2.24) is 14.7 Å². The minimum absolute atomic E-state index is 0.0981. The third-order valence-corrected chi connectivity index (χ3v) is 8.01. The van der Waals surface area contributed by atoms with Gasteiger partial charge < -0.3 is 9.80 Å². The summed E-state index contributed by atoms with van der Waals surface area (Å²) in [6, 6.07) is 7.06. The topological polar surface area (TPSA) is 43.9 Å². The molecule has 1 unspecified atom stereocenters. The average Bonchev–Trinajstić information content (AvgIpc) is 3.46. The van der Waals surface area contributed by atoms with E-state index < -0.39 is 0 Å². The van der Waals surface area contributed by atoms with E-state index in [0.29, 0.717) is 13.0 Å². The molecule has 5 rings (SSSR count). The molecule has 30 heavy (non-hydrogen) atoms. The van der Waals surface area contributed by atoms with E-state index in [4.69, 9.17) is 0 Å². The zero-order chi connectivity index (χ0) is 20.6. The molecule has 3 heterocycles. The molecule has 0 bridgehead atoms. The molecule has 0 radical (unpaired) electrons. The van der Waals surface area contributed by atoms with Crippen LogP contribution in [0.1, 0.15) is 68.1 Å². The number of carbonyl (C=O) groups is 2. The molecule has 4 aliphatic rings. The maximum absolute atomic E-state index is 12.8. The first-order valence-corrected chi connectivity index (χ1v) is 12.0. The fraction of sp³-hybridized carbons (Fsp3) is 0.680. The van der Waals surface area contributed by atoms with E-state index in [0.717, 1.165) is 71.2 Å². The number of fused-ring (bicyclic) bond motifs is 1. The van der Waals surface area contributed by atoms with Crippen LogP contribution in [0.3, 0.4) is 0 Å². The number of hydrogen-bond donors (Lipinski definition) is 0. The molecule has 0 N–H and O–H groups in total. The average molecular weight is 410 g/mol. The van der Waals surface area contributed by atoms with Crippen LogP contribution in [-0.2, 0) is 29.0 Å². The van der Waals surface area contributed by atoms with Crippen LogP contribution in [0, 0.1) is 0 Å². The monoisotopic (exact) mass is 409 g/mol. The van der Waals surface area contributed by atoms with Crippen LogP contribution in [0.5, 0.6) is 0 Å². The summed E-state index contributed by atoms with van der Waals surface area (Å²) in [6.07, 6.45) is 10.6. The number of nitrogens with zero attached hydrogens (tertiary/aromatic N) is 3. The van der Waals surface area contributed by atoms with Gasteiger partial charge in [0.2, 0.25) is 11.8 Å². The van der Waals surface area contributed by atoms with Crippen molar-refractivity contribution in [1.29, 1.82) is 0 Å². The first-order valence-electron chi connectivity index (χ1n) is 12.0. The van der Waals surface area contributed by atoms with E-state index in [9.17, 15) is 9.59 Å². The molecular weight excluding hydrogens is 374 g/mol. The van der Waals surface area contributed by atoms with Crippen molar-refractivity contribution in [2.75, 3.05) is 32.7 Å². The highest BCUT2D eigenvalue weighted by molar-refractivity contribution is 5.87. The predicted molar refractivity (Wildman–Crippen MR) is 117 cm³/mol. The van der Waals surface area contributed by atoms with E-state index in [1.165, 1.54) is 30.4 Å². The highest BCUT2D eigenvalue weighted by Crippen LogP contribution is 2.39. The number of amides is 2. The first-order chi connectivity index (χ1) is 14.6. The molecular formula is C25H35N3O2. The Kier molecular flexibility index (Phi) is 5.57. The Bertz CT molecular complexity index is 817. The molecule has 1 aliphatic carbocycles. The molecule has 1 aromatic carbocycles. The van der Waals surface area contributed by atoms with Gasteiger partial charge in [0.05, 0.1) is 0 Å². The SMILES string of the molecule is O=C(CN1C(=O)CCC12CCCN(Cc1ccc3c(c1)CCC3)CC2)N1CCCC1. The Labute approximate surface area is 180 Å². The van der Waals surface area contributed by atoms with E-state index in [1.54, 1.807) is 5.56 Å². The number of benzene rings is 1. The van der Waals surface area contributed by atoms with Crippen molar-refractivity contribution < 1.29 is 9.59 Å². The summed E-state index contributed by atoms with van der Waals surface area (Å²) in [4.78, 5) is 32.0. The summed E-state index contributed by atoms with van der Waals surface area (Å²) in [6.45, 7) is 5.12. The molecule has 162 valence electrons. The number of likely N-dealkylation sites (tertiary alicyclic amines) is 3. The zero-order valence-corrected chi connectivity index (χ0v) is 18.2. The van der Waals surface area contributed by atoms with Gasteiger partial charge in [0.1, 0.15) is 6.54 Å². The second kappa shape index (κ2) is 8.33. The molecule has 5 nitrogen and oxygen atoms in total. The van der Waals surface area contributed by atoms with Crippen molar-refractivity contribution in [3.05, 3.63) is 34.9 Å². The van der Waals surface area contributed by atoms with Crippen LogP contribution in [-0.4, -0.2) is 64.8 Å². The molecule has 0 saturated carbocycles. The molecule has 5 heteroatoms. The van der Waals surface area contributed by atoms with Gasteiger partial charge in [-0.25, -0.2) is 0 Å². The van der Waals surface area contributed by atoms with Gasteiger partial charge in [-0.15, -0.1) is 0 Å². The van der Waals surface area contributed by atoms with Gasteiger partial charge in [-0.05, 0) is 81.0 Å². The Hall–Kier alpha value is -1.88. The fourth-order valence-electron chi connectivity index (χ4n) is 6.23. The largest absolute Gasteiger partial charge is 0.341 e. The molecule has 3 fully saturated rings. The molecule has 1 spiro atoms. The van der Waals surface area contributed by atoms with Crippen LogP contribution in [0.25, 0.3) is 0 Å². The van der Waals surface area contributed by atoms with Gasteiger partial charge in [0.15, 0.2) is 0 Å². The van der Waals surface area contributed by atoms with Crippen LogP contribution in [0.15, 0.2) is 18.2 Å². The second-order valence-electron chi connectivity index (χ2n) is 9.88. The van der Waals surface area contributed by atoms with E-state index in [2.05, 4.69) is 23.1 Å². The summed E-state index contributed by atoms with van der Waals surface area (Å²) in [5.41, 5.74) is 4.41. The lowest BCUT2D eigenvalue weighted by Crippen LogP contribution is -2.51. The fourth-order valence-corrected chi connectivity index (χ4v) is 6.23. The number of aryl methyl sites for hydroxylation is 2. The maximum atomic E-state index is 12.8. The quantitative estimate of drug-likeness (QED) is 0.767. The Morgan fingerprint density at radius 1 is 0.867 bits per heavy atom. The lowest BCUT2D eigenvalue weighted by atomic mass is 9.87. The number of rotatable bonds is 4. The highest BCUT2D eigenvalue weighted by atomic mass is 16.2. The van der Waals surface area contributed by atoms with E-state index in [1.807, 2.05) is 9.80 Å².